The number of hydrogen-bond donors (Lipinski definition) is 0. The molecule has 27 heavy (non-hydrogen) atoms. The Morgan fingerprint density at radius 1 is 1.19 bits per heavy atom. The largest absolute Gasteiger partial charge is 0.337 e. The molecule has 0 radical (unpaired) electrons. The summed E-state index contributed by atoms with van der Waals surface area (Å²) in [7, 11) is 0. The lowest BCUT2D eigenvalue weighted by molar-refractivity contribution is 0.0839. The fraction of sp³-hybridized carbons (Fsp3) is 0.444. The van der Waals surface area contributed by atoms with E-state index in [4.69, 9.17) is 16.1 Å². The van der Waals surface area contributed by atoms with E-state index >= 15 is 0 Å². The van der Waals surface area contributed by atoms with E-state index in [1.165, 1.54) is 17.1 Å². The molecular weight excluding hydrogens is 384 g/mol. The van der Waals surface area contributed by atoms with E-state index in [2.05, 4.69) is 55.5 Å². The van der Waals surface area contributed by atoms with E-state index in [1.54, 1.807) is 0 Å². The van der Waals surface area contributed by atoms with Crippen molar-refractivity contribution in [1.29, 1.82) is 0 Å². The highest BCUT2D eigenvalue weighted by atomic mass is 35.5. The molecule has 1 aliphatic heterocycles. The van der Waals surface area contributed by atoms with Gasteiger partial charge in [0.05, 0.1) is 6.04 Å². The average Bonchev–Trinajstić information content (AvgIpc) is 3.32. The number of rotatable bonds is 5. The van der Waals surface area contributed by atoms with Crippen LogP contribution in [0.4, 0.5) is 0 Å². The summed E-state index contributed by atoms with van der Waals surface area (Å²) in [5.74, 6) is 1.30. The minimum absolute atomic E-state index is 0.0865. The number of hydrogen-bond acceptors (Lipinski definition) is 8. The van der Waals surface area contributed by atoms with E-state index in [0.717, 1.165) is 44.0 Å². The summed E-state index contributed by atoms with van der Waals surface area (Å²) >= 11 is 7.34. The molecule has 3 aromatic rings. The van der Waals surface area contributed by atoms with Gasteiger partial charge in [-0.25, -0.2) is 0 Å². The maximum Gasteiger partial charge on any atom is 0.244 e. The summed E-state index contributed by atoms with van der Waals surface area (Å²) in [4.78, 5) is 9.32. The van der Waals surface area contributed by atoms with Gasteiger partial charge in [0, 0.05) is 49.8 Å². The molecule has 1 aliphatic rings. The van der Waals surface area contributed by atoms with Crippen molar-refractivity contribution in [3.05, 3.63) is 45.7 Å². The summed E-state index contributed by atoms with van der Waals surface area (Å²) in [6.45, 7) is 8.66. The standard InChI is InChI=1S/C18H21ClN6OS/c1-12-3-5-14(6-4-12)17-20-18(26-22-17)13(2)25-9-7-24(8-10-25)11-15-16(19)27-23-21-15/h3-6,13H,7-11H2,1-2H3/t13-/m1/s1. The molecule has 1 aromatic carbocycles. The molecule has 0 unspecified atom stereocenters. The zero-order chi connectivity index (χ0) is 18.8. The molecular formula is C18H21ClN6OS. The van der Waals surface area contributed by atoms with Crippen molar-refractivity contribution in [2.45, 2.75) is 26.4 Å². The zero-order valence-corrected chi connectivity index (χ0v) is 16.9. The first-order valence-corrected chi connectivity index (χ1v) is 10.1. The highest BCUT2D eigenvalue weighted by Gasteiger charge is 2.26. The smallest absolute Gasteiger partial charge is 0.244 e. The fourth-order valence-electron chi connectivity index (χ4n) is 3.19. The fourth-order valence-corrected chi connectivity index (χ4v) is 3.80. The third-order valence-corrected chi connectivity index (χ3v) is 5.93. The van der Waals surface area contributed by atoms with Crippen LogP contribution < -0.4 is 0 Å². The lowest BCUT2D eigenvalue weighted by atomic mass is 10.1. The van der Waals surface area contributed by atoms with E-state index in [-0.39, 0.29) is 6.04 Å². The minimum atomic E-state index is 0.0865. The Hall–Kier alpha value is -1.87. The van der Waals surface area contributed by atoms with Gasteiger partial charge in [-0.1, -0.05) is 51.1 Å². The molecule has 0 bridgehead atoms. The maximum absolute atomic E-state index is 6.11. The van der Waals surface area contributed by atoms with Gasteiger partial charge in [-0.2, -0.15) is 4.98 Å². The van der Waals surface area contributed by atoms with E-state index in [9.17, 15) is 0 Å². The second kappa shape index (κ2) is 8.02. The number of benzene rings is 1. The van der Waals surface area contributed by atoms with E-state index in [1.807, 2.05) is 12.1 Å². The number of piperazine rings is 1. The van der Waals surface area contributed by atoms with Crippen LogP contribution in [0.15, 0.2) is 28.8 Å². The zero-order valence-electron chi connectivity index (χ0n) is 15.3. The van der Waals surface area contributed by atoms with Crippen LogP contribution in [0.2, 0.25) is 4.34 Å². The Bertz CT molecular complexity index is 887. The van der Waals surface area contributed by atoms with Gasteiger partial charge in [0.15, 0.2) is 0 Å². The SMILES string of the molecule is Cc1ccc(-c2noc([C@@H](C)N3CCN(Cc4nnsc4Cl)CC3)n2)cc1. The molecule has 2 aromatic heterocycles. The summed E-state index contributed by atoms with van der Waals surface area (Å²) in [6.07, 6.45) is 0. The molecule has 1 atom stereocenters. The van der Waals surface area contributed by atoms with Crippen molar-refractivity contribution < 1.29 is 4.52 Å². The Balaban J connectivity index is 1.36. The molecule has 1 saturated heterocycles. The molecule has 7 nitrogen and oxygen atoms in total. The van der Waals surface area contributed by atoms with E-state index < -0.39 is 0 Å². The van der Waals surface area contributed by atoms with E-state index in [0.29, 0.717) is 16.1 Å². The lowest BCUT2D eigenvalue weighted by Gasteiger charge is -2.36. The molecule has 0 N–H and O–H groups in total. The molecule has 142 valence electrons. The summed E-state index contributed by atoms with van der Waals surface area (Å²) in [5.41, 5.74) is 3.05. The van der Waals surface area contributed by atoms with Gasteiger partial charge in [0.2, 0.25) is 11.7 Å². The molecule has 0 spiro atoms. The third kappa shape index (κ3) is 4.19. The molecule has 1 fully saturated rings. The molecule has 0 amide bonds. The Morgan fingerprint density at radius 2 is 1.93 bits per heavy atom. The monoisotopic (exact) mass is 404 g/mol. The lowest BCUT2D eigenvalue weighted by Crippen LogP contribution is -2.46. The van der Waals surface area contributed by atoms with Crippen LogP contribution in [-0.2, 0) is 6.54 Å². The summed E-state index contributed by atoms with van der Waals surface area (Å²) in [6, 6.07) is 8.23. The first kappa shape index (κ1) is 18.5. The van der Waals surface area contributed by atoms with Gasteiger partial charge >= 0.3 is 0 Å². The first-order valence-electron chi connectivity index (χ1n) is 8.94. The summed E-state index contributed by atoms with van der Waals surface area (Å²) in [5, 5.41) is 8.25. The third-order valence-electron chi connectivity index (χ3n) is 4.95. The van der Waals surface area contributed by atoms with Crippen molar-refractivity contribution in [3.8, 4) is 11.4 Å². The molecule has 3 heterocycles. The van der Waals surface area contributed by atoms with Gasteiger partial charge in [-0.3, -0.25) is 9.80 Å². The van der Waals surface area contributed by atoms with Gasteiger partial charge in [0.1, 0.15) is 10.0 Å². The van der Waals surface area contributed by atoms with Crippen molar-refractivity contribution in [1.82, 2.24) is 29.5 Å². The van der Waals surface area contributed by atoms with Crippen LogP contribution in [0, 0.1) is 6.92 Å². The molecule has 0 aliphatic carbocycles. The molecule has 9 heteroatoms. The maximum atomic E-state index is 6.11. The van der Waals surface area contributed by atoms with Crippen LogP contribution in [0.25, 0.3) is 11.4 Å². The topological polar surface area (TPSA) is 71.2 Å². The second-order valence-corrected chi connectivity index (χ2v) is 8.16. The van der Waals surface area contributed by atoms with Crippen molar-refractivity contribution in [3.63, 3.8) is 0 Å². The van der Waals surface area contributed by atoms with Gasteiger partial charge in [-0.05, 0) is 13.8 Å². The molecule has 4 rings (SSSR count). The average molecular weight is 405 g/mol. The second-order valence-electron chi connectivity index (χ2n) is 6.80. The quantitative estimate of drug-likeness (QED) is 0.645. The first-order chi connectivity index (χ1) is 13.1. The Morgan fingerprint density at radius 3 is 2.59 bits per heavy atom. The van der Waals surface area contributed by atoms with Crippen LogP contribution in [0.5, 0.6) is 0 Å². The van der Waals surface area contributed by atoms with Crippen molar-refractivity contribution in [2.75, 3.05) is 26.2 Å². The number of nitrogens with zero attached hydrogens (tertiary/aromatic N) is 6. The van der Waals surface area contributed by atoms with Gasteiger partial charge in [0.25, 0.3) is 0 Å². The Kier molecular flexibility index (Phi) is 5.49. The van der Waals surface area contributed by atoms with Crippen molar-refractivity contribution >= 4 is 23.1 Å². The number of aryl methyl sites for hydroxylation is 1. The van der Waals surface area contributed by atoms with Gasteiger partial charge < -0.3 is 4.52 Å². The van der Waals surface area contributed by atoms with Crippen LogP contribution in [0.1, 0.15) is 30.1 Å². The Labute approximate surface area is 167 Å². The van der Waals surface area contributed by atoms with Crippen LogP contribution >= 0.6 is 23.1 Å². The predicted octanol–water partition coefficient (Wildman–Crippen LogP) is 3.43. The normalized spacial score (nSPS) is 17.3. The highest BCUT2D eigenvalue weighted by Crippen LogP contribution is 2.25. The predicted molar refractivity (Wildman–Crippen MR) is 105 cm³/mol. The highest BCUT2D eigenvalue weighted by molar-refractivity contribution is 7.10. The molecule has 0 saturated carbocycles. The number of aromatic nitrogens is 4. The number of halogens is 1. The van der Waals surface area contributed by atoms with Crippen LogP contribution in [-0.4, -0.2) is 55.7 Å². The van der Waals surface area contributed by atoms with Crippen molar-refractivity contribution in [2.24, 2.45) is 0 Å². The van der Waals surface area contributed by atoms with Crippen LogP contribution in [0.3, 0.4) is 0 Å². The minimum Gasteiger partial charge on any atom is -0.337 e. The van der Waals surface area contributed by atoms with Gasteiger partial charge in [-0.15, -0.1) is 5.10 Å². The summed E-state index contributed by atoms with van der Waals surface area (Å²) < 4.78 is 10.1.